The molecule has 0 unspecified atom stereocenters. The van der Waals surface area contributed by atoms with Crippen molar-refractivity contribution in [1.29, 1.82) is 0 Å². The number of aryl methyl sites for hydroxylation is 1. The second kappa shape index (κ2) is 6.18. The van der Waals surface area contributed by atoms with Crippen molar-refractivity contribution in [1.82, 2.24) is 9.97 Å². The van der Waals surface area contributed by atoms with E-state index in [1.807, 2.05) is 24.3 Å². The van der Waals surface area contributed by atoms with E-state index in [9.17, 15) is 4.39 Å². The van der Waals surface area contributed by atoms with Crippen molar-refractivity contribution in [3.8, 4) is 0 Å². The highest BCUT2D eigenvalue weighted by Gasteiger charge is 2.11. The van der Waals surface area contributed by atoms with Crippen LogP contribution < -0.4 is 11.3 Å². The summed E-state index contributed by atoms with van der Waals surface area (Å²) in [5, 5.41) is 0.670. The third kappa shape index (κ3) is 3.34. The predicted molar refractivity (Wildman–Crippen MR) is 75.6 cm³/mol. The largest absolute Gasteiger partial charge is 0.306 e. The maximum absolute atomic E-state index is 13.5. The Hall–Kier alpha value is -1.37. The first-order chi connectivity index (χ1) is 9.11. The molecular formula is C12H12ClFN4S. The molecule has 0 atom stereocenters. The quantitative estimate of drug-likeness (QED) is 0.516. The van der Waals surface area contributed by atoms with Gasteiger partial charge in [0.2, 0.25) is 0 Å². The van der Waals surface area contributed by atoms with Gasteiger partial charge in [0, 0.05) is 4.90 Å². The molecule has 1 aromatic heterocycles. The van der Waals surface area contributed by atoms with Gasteiger partial charge in [-0.3, -0.25) is 0 Å². The Labute approximate surface area is 119 Å². The zero-order chi connectivity index (χ0) is 13.8. The minimum atomic E-state index is -0.533. The van der Waals surface area contributed by atoms with Crippen LogP contribution in [0.15, 0.2) is 29.2 Å². The lowest BCUT2D eigenvalue weighted by Gasteiger charge is -2.07. The van der Waals surface area contributed by atoms with Crippen LogP contribution in [0.1, 0.15) is 11.5 Å². The molecule has 0 aliphatic rings. The van der Waals surface area contributed by atoms with Crippen molar-refractivity contribution in [2.24, 2.45) is 5.84 Å². The zero-order valence-electron chi connectivity index (χ0n) is 10.2. The molecule has 0 aliphatic carbocycles. The predicted octanol–water partition coefficient (Wildman–Crippen LogP) is 3.16. The van der Waals surface area contributed by atoms with Crippen LogP contribution in [0.25, 0.3) is 0 Å². The van der Waals surface area contributed by atoms with Crippen molar-refractivity contribution in [2.45, 2.75) is 17.6 Å². The van der Waals surface area contributed by atoms with Crippen molar-refractivity contribution in [2.75, 3.05) is 5.43 Å². The lowest BCUT2D eigenvalue weighted by Crippen LogP contribution is -2.13. The van der Waals surface area contributed by atoms with Gasteiger partial charge < -0.3 is 5.43 Å². The number of benzene rings is 1. The molecule has 3 N–H and O–H groups in total. The van der Waals surface area contributed by atoms with E-state index < -0.39 is 5.82 Å². The van der Waals surface area contributed by atoms with Gasteiger partial charge in [-0.25, -0.2) is 20.2 Å². The van der Waals surface area contributed by atoms with Crippen LogP contribution in [0, 0.1) is 12.7 Å². The molecule has 0 bridgehead atoms. The van der Waals surface area contributed by atoms with Crippen LogP contribution in [0.4, 0.5) is 10.2 Å². The monoisotopic (exact) mass is 298 g/mol. The second-order valence-corrected chi connectivity index (χ2v) is 5.18. The highest BCUT2D eigenvalue weighted by atomic mass is 35.5. The number of anilines is 1. The third-order valence-electron chi connectivity index (χ3n) is 2.39. The number of nitrogens with two attached hydrogens (primary N) is 1. The van der Waals surface area contributed by atoms with Gasteiger partial charge in [0.15, 0.2) is 11.6 Å². The fourth-order valence-corrected chi connectivity index (χ4v) is 2.58. The molecule has 1 heterocycles. The van der Waals surface area contributed by atoms with Gasteiger partial charge in [0.05, 0.1) is 16.5 Å². The molecule has 100 valence electrons. The fourth-order valence-electron chi connectivity index (χ4n) is 1.48. The van der Waals surface area contributed by atoms with E-state index in [2.05, 4.69) is 15.4 Å². The first-order valence-electron chi connectivity index (χ1n) is 5.48. The molecule has 4 nitrogen and oxygen atoms in total. The van der Waals surface area contributed by atoms with Crippen molar-refractivity contribution in [3.05, 3.63) is 46.6 Å². The Morgan fingerprint density at radius 1 is 1.37 bits per heavy atom. The average molecular weight is 299 g/mol. The molecule has 0 radical (unpaired) electrons. The molecule has 0 fully saturated rings. The smallest absolute Gasteiger partial charge is 0.187 e. The minimum Gasteiger partial charge on any atom is -0.306 e. The highest BCUT2D eigenvalue weighted by molar-refractivity contribution is 7.98. The summed E-state index contributed by atoms with van der Waals surface area (Å²) in [7, 11) is 0. The van der Waals surface area contributed by atoms with Gasteiger partial charge in [-0.15, -0.1) is 11.8 Å². The van der Waals surface area contributed by atoms with Gasteiger partial charge in [0.25, 0.3) is 0 Å². The van der Waals surface area contributed by atoms with E-state index >= 15 is 0 Å². The number of rotatable bonds is 4. The van der Waals surface area contributed by atoms with Crippen LogP contribution in [-0.4, -0.2) is 9.97 Å². The lowest BCUT2D eigenvalue weighted by atomic mass is 10.4. The van der Waals surface area contributed by atoms with Crippen molar-refractivity contribution in [3.63, 3.8) is 0 Å². The number of hydrazine groups is 1. The van der Waals surface area contributed by atoms with Gasteiger partial charge in [-0.1, -0.05) is 23.7 Å². The Bertz CT molecular complexity index is 594. The number of hydrogen-bond acceptors (Lipinski definition) is 5. The summed E-state index contributed by atoms with van der Waals surface area (Å²) in [6.07, 6.45) is 0. The number of hydrogen-bond donors (Lipinski definition) is 2. The molecule has 0 saturated heterocycles. The summed E-state index contributed by atoms with van der Waals surface area (Å²) in [6, 6.07) is 7.48. The summed E-state index contributed by atoms with van der Waals surface area (Å²) in [6.45, 7) is 1.57. The van der Waals surface area contributed by atoms with E-state index in [1.165, 1.54) is 11.8 Å². The molecule has 0 aliphatic heterocycles. The van der Waals surface area contributed by atoms with Crippen LogP contribution in [0.5, 0.6) is 0 Å². The van der Waals surface area contributed by atoms with Gasteiger partial charge >= 0.3 is 0 Å². The number of halogens is 2. The Kier molecular flexibility index (Phi) is 4.57. The molecule has 0 amide bonds. The lowest BCUT2D eigenvalue weighted by molar-refractivity contribution is 0.602. The average Bonchev–Trinajstić information content (AvgIpc) is 2.41. The van der Waals surface area contributed by atoms with E-state index in [-0.39, 0.29) is 11.5 Å². The zero-order valence-corrected chi connectivity index (χ0v) is 11.7. The van der Waals surface area contributed by atoms with Crippen molar-refractivity contribution >= 4 is 29.2 Å². The number of thioether (sulfide) groups is 1. The highest BCUT2D eigenvalue weighted by Crippen LogP contribution is 2.29. The Morgan fingerprint density at radius 2 is 2.11 bits per heavy atom. The normalized spacial score (nSPS) is 10.5. The summed E-state index contributed by atoms with van der Waals surface area (Å²) in [5.74, 6) is 5.66. The molecule has 2 rings (SSSR count). The van der Waals surface area contributed by atoms with Gasteiger partial charge in [0.1, 0.15) is 5.82 Å². The molecule has 19 heavy (non-hydrogen) atoms. The number of nitrogen functional groups attached to an aromatic ring is 1. The summed E-state index contributed by atoms with van der Waals surface area (Å²) >= 11 is 7.54. The van der Waals surface area contributed by atoms with Crippen molar-refractivity contribution < 1.29 is 4.39 Å². The molecule has 0 spiro atoms. The number of nitrogens with one attached hydrogen (secondary N) is 1. The first kappa shape index (κ1) is 14.0. The van der Waals surface area contributed by atoms with Crippen LogP contribution in [0.3, 0.4) is 0 Å². The first-order valence-corrected chi connectivity index (χ1v) is 6.85. The topological polar surface area (TPSA) is 63.8 Å². The van der Waals surface area contributed by atoms with E-state index in [0.29, 0.717) is 16.6 Å². The molecule has 7 heteroatoms. The van der Waals surface area contributed by atoms with Crippen LogP contribution >= 0.6 is 23.4 Å². The summed E-state index contributed by atoms with van der Waals surface area (Å²) < 4.78 is 13.5. The number of nitrogens with zero attached hydrogens (tertiary/aromatic N) is 2. The van der Waals surface area contributed by atoms with Gasteiger partial charge in [-0.05, 0) is 19.1 Å². The van der Waals surface area contributed by atoms with E-state index in [4.69, 9.17) is 17.4 Å². The number of aromatic nitrogens is 2. The van der Waals surface area contributed by atoms with Gasteiger partial charge in [-0.2, -0.15) is 0 Å². The molecule has 2 aromatic rings. The molecule has 0 saturated carbocycles. The fraction of sp³-hybridized carbons (Fsp3) is 0.167. The van der Waals surface area contributed by atoms with Crippen LogP contribution in [0.2, 0.25) is 5.02 Å². The summed E-state index contributed by atoms with van der Waals surface area (Å²) in [4.78, 5) is 9.02. The second-order valence-electron chi connectivity index (χ2n) is 3.75. The maximum atomic E-state index is 13.5. The Morgan fingerprint density at radius 3 is 2.79 bits per heavy atom. The Balaban J connectivity index is 2.16. The van der Waals surface area contributed by atoms with E-state index in [1.54, 1.807) is 6.92 Å². The van der Waals surface area contributed by atoms with Crippen LogP contribution in [-0.2, 0) is 5.75 Å². The SMILES string of the molecule is Cc1nc(CSc2ccccc2Cl)nc(NN)c1F. The summed E-state index contributed by atoms with van der Waals surface area (Å²) in [5.41, 5.74) is 2.49. The molecule has 1 aromatic carbocycles. The molecular weight excluding hydrogens is 287 g/mol. The maximum Gasteiger partial charge on any atom is 0.187 e. The minimum absolute atomic E-state index is 0.00209. The standard InChI is InChI=1S/C12H12ClFN4S/c1-7-11(14)12(18-15)17-10(16-7)6-19-9-5-3-2-4-8(9)13/h2-5H,6,15H2,1H3,(H,16,17,18). The van der Waals surface area contributed by atoms with E-state index in [0.717, 1.165) is 4.90 Å². The third-order valence-corrected chi connectivity index (χ3v) is 3.90.